The predicted molar refractivity (Wildman–Crippen MR) is 71.7 cm³/mol. The van der Waals surface area contributed by atoms with Crippen LogP contribution < -0.4 is 16.6 Å². The van der Waals surface area contributed by atoms with Crippen molar-refractivity contribution in [1.82, 2.24) is 15.0 Å². The Bertz CT molecular complexity index is 514. The molecule has 6 nitrogen and oxygen atoms in total. The second kappa shape index (κ2) is 5.39. The van der Waals surface area contributed by atoms with Gasteiger partial charge >= 0.3 is 0 Å². The van der Waals surface area contributed by atoms with Crippen molar-refractivity contribution < 1.29 is 0 Å². The van der Waals surface area contributed by atoms with Gasteiger partial charge in [0.1, 0.15) is 16.6 Å². The molecule has 0 bridgehead atoms. The van der Waals surface area contributed by atoms with Gasteiger partial charge in [0.25, 0.3) is 0 Å². The van der Waals surface area contributed by atoms with Crippen LogP contribution in [0.2, 0.25) is 0 Å². The average molecular weight is 315 g/mol. The van der Waals surface area contributed by atoms with Crippen molar-refractivity contribution in [2.45, 2.75) is 13.5 Å². The van der Waals surface area contributed by atoms with E-state index in [1.807, 2.05) is 12.4 Å². The molecule has 2 heterocycles. The number of nitrogens with zero attached hydrogens (tertiary/aromatic N) is 3. The summed E-state index contributed by atoms with van der Waals surface area (Å²) in [5.41, 5.74) is 5.35. The molecule has 0 aliphatic carbocycles. The lowest BCUT2D eigenvalue weighted by molar-refractivity contribution is 1.06. The molecular weight excluding hydrogens is 304 g/mol. The van der Waals surface area contributed by atoms with E-state index in [0.717, 1.165) is 5.69 Å². The van der Waals surface area contributed by atoms with Crippen LogP contribution in [-0.2, 0) is 6.54 Å². The average Bonchev–Trinajstić information content (AvgIpc) is 2.74. The quantitative estimate of drug-likeness (QED) is 0.590. The standard InChI is InChI=1S/C9H11BrN6S/c1-5-6(17-4-15-5)2-12-8-7(10)9(16-11)14-3-13-8/h3-4H,2,11H2,1H3,(H2,12,13,14,16). The fourth-order valence-electron chi connectivity index (χ4n) is 1.25. The van der Waals surface area contributed by atoms with Crippen molar-refractivity contribution in [2.24, 2.45) is 5.84 Å². The first kappa shape index (κ1) is 12.2. The molecule has 0 unspecified atom stereocenters. The van der Waals surface area contributed by atoms with E-state index in [-0.39, 0.29) is 0 Å². The molecule has 0 radical (unpaired) electrons. The smallest absolute Gasteiger partial charge is 0.159 e. The van der Waals surface area contributed by atoms with Crippen LogP contribution in [0.25, 0.3) is 0 Å². The fraction of sp³-hybridized carbons (Fsp3) is 0.222. The minimum atomic E-state index is 0.545. The van der Waals surface area contributed by atoms with Gasteiger partial charge in [0, 0.05) is 4.88 Å². The van der Waals surface area contributed by atoms with Crippen LogP contribution in [0.15, 0.2) is 16.3 Å². The Hall–Kier alpha value is -1.25. The topological polar surface area (TPSA) is 88.8 Å². The van der Waals surface area contributed by atoms with E-state index in [9.17, 15) is 0 Å². The monoisotopic (exact) mass is 314 g/mol. The van der Waals surface area contributed by atoms with Crippen LogP contribution in [0.5, 0.6) is 0 Å². The van der Waals surface area contributed by atoms with Gasteiger partial charge in [-0.2, -0.15) is 0 Å². The van der Waals surface area contributed by atoms with Crippen molar-refractivity contribution >= 4 is 38.9 Å². The van der Waals surface area contributed by atoms with Crippen LogP contribution in [0.3, 0.4) is 0 Å². The molecule has 2 aromatic rings. The number of rotatable bonds is 4. The normalized spacial score (nSPS) is 10.3. The molecule has 8 heteroatoms. The zero-order valence-corrected chi connectivity index (χ0v) is 11.5. The van der Waals surface area contributed by atoms with Crippen molar-refractivity contribution in [3.63, 3.8) is 0 Å². The molecule has 90 valence electrons. The second-order valence-corrected chi connectivity index (χ2v) is 4.98. The maximum atomic E-state index is 5.33. The van der Waals surface area contributed by atoms with Crippen LogP contribution >= 0.6 is 27.3 Å². The zero-order chi connectivity index (χ0) is 12.3. The van der Waals surface area contributed by atoms with Crippen LogP contribution in [0.4, 0.5) is 11.6 Å². The molecule has 0 saturated carbocycles. The number of anilines is 2. The predicted octanol–water partition coefficient (Wildman–Crippen LogP) is 1.90. The number of nitrogens with two attached hydrogens (primary N) is 1. The second-order valence-electron chi connectivity index (χ2n) is 3.24. The van der Waals surface area contributed by atoms with E-state index in [4.69, 9.17) is 5.84 Å². The summed E-state index contributed by atoms with van der Waals surface area (Å²) < 4.78 is 0.713. The highest BCUT2D eigenvalue weighted by molar-refractivity contribution is 9.10. The molecule has 4 N–H and O–H groups in total. The minimum absolute atomic E-state index is 0.545. The summed E-state index contributed by atoms with van der Waals surface area (Å²) in [5, 5.41) is 3.21. The van der Waals surface area contributed by atoms with Crippen LogP contribution in [0.1, 0.15) is 10.6 Å². The number of aromatic nitrogens is 3. The van der Waals surface area contributed by atoms with E-state index in [2.05, 4.69) is 41.6 Å². The maximum absolute atomic E-state index is 5.33. The van der Waals surface area contributed by atoms with Crippen molar-refractivity contribution in [3.8, 4) is 0 Å². The molecule has 0 fully saturated rings. The summed E-state index contributed by atoms with van der Waals surface area (Å²) in [5.74, 6) is 6.57. The van der Waals surface area contributed by atoms with E-state index >= 15 is 0 Å². The van der Waals surface area contributed by atoms with Gasteiger partial charge in [-0.1, -0.05) is 0 Å². The van der Waals surface area contributed by atoms with Gasteiger partial charge in [0.05, 0.1) is 17.7 Å². The third-order valence-corrected chi connectivity index (χ3v) is 3.87. The summed E-state index contributed by atoms with van der Waals surface area (Å²) in [6.07, 6.45) is 1.45. The number of nitrogen functional groups attached to an aromatic ring is 1. The Balaban J connectivity index is 2.12. The Kier molecular flexibility index (Phi) is 3.87. The van der Waals surface area contributed by atoms with Gasteiger partial charge in [-0.25, -0.2) is 20.8 Å². The molecule has 0 aromatic carbocycles. The zero-order valence-electron chi connectivity index (χ0n) is 9.07. The third-order valence-electron chi connectivity index (χ3n) is 2.19. The van der Waals surface area contributed by atoms with Crippen LogP contribution in [-0.4, -0.2) is 15.0 Å². The number of nitrogens with one attached hydrogen (secondary N) is 2. The van der Waals surface area contributed by atoms with E-state index < -0.39 is 0 Å². The first-order chi connectivity index (χ1) is 8.22. The molecule has 2 rings (SSSR count). The Labute approximate surface area is 111 Å². The SMILES string of the molecule is Cc1ncsc1CNc1ncnc(NN)c1Br. The van der Waals surface area contributed by atoms with Gasteiger partial charge in [0.2, 0.25) is 0 Å². The lowest BCUT2D eigenvalue weighted by atomic mass is 10.4. The molecular formula is C9H11BrN6S. The van der Waals surface area contributed by atoms with Crippen molar-refractivity contribution in [1.29, 1.82) is 0 Å². The Morgan fingerprint density at radius 1 is 1.35 bits per heavy atom. The van der Waals surface area contributed by atoms with E-state index in [1.54, 1.807) is 11.3 Å². The summed E-state index contributed by atoms with van der Waals surface area (Å²) >= 11 is 4.99. The largest absolute Gasteiger partial charge is 0.364 e. The summed E-state index contributed by atoms with van der Waals surface area (Å²) in [6.45, 7) is 2.66. The molecule has 0 aliphatic heterocycles. The number of hydrogen-bond donors (Lipinski definition) is 3. The number of thiazole rings is 1. The Morgan fingerprint density at radius 3 is 2.76 bits per heavy atom. The molecule has 0 aliphatic rings. The van der Waals surface area contributed by atoms with Gasteiger partial charge in [-0.3, -0.25) is 0 Å². The van der Waals surface area contributed by atoms with Crippen LogP contribution in [0, 0.1) is 6.92 Å². The lowest BCUT2D eigenvalue weighted by Gasteiger charge is -2.08. The Morgan fingerprint density at radius 2 is 2.12 bits per heavy atom. The fourth-order valence-corrected chi connectivity index (χ4v) is 2.43. The highest BCUT2D eigenvalue weighted by atomic mass is 79.9. The molecule has 0 amide bonds. The highest BCUT2D eigenvalue weighted by Gasteiger charge is 2.08. The molecule has 0 spiro atoms. The first-order valence-corrected chi connectivity index (χ1v) is 6.49. The maximum Gasteiger partial charge on any atom is 0.159 e. The summed E-state index contributed by atoms with van der Waals surface area (Å²) in [6, 6.07) is 0. The van der Waals surface area contributed by atoms with Crippen molar-refractivity contribution in [2.75, 3.05) is 10.7 Å². The van der Waals surface area contributed by atoms with Gasteiger partial charge in [0.15, 0.2) is 5.82 Å². The summed E-state index contributed by atoms with van der Waals surface area (Å²) in [4.78, 5) is 13.5. The van der Waals surface area contributed by atoms with Gasteiger partial charge < -0.3 is 10.7 Å². The number of halogens is 1. The number of aryl methyl sites for hydroxylation is 1. The molecule has 2 aromatic heterocycles. The van der Waals surface area contributed by atoms with E-state index in [1.165, 1.54) is 11.2 Å². The van der Waals surface area contributed by atoms with E-state index in [0.29, 0.717) is 22.7 Å². The number of hydrazine groups is 1. The number of hydrogen-bond acceptors (Lipinski definition) is 7. The lowest BCUT2D eigenvalue weighted by Crippen LogP contribution is -2.11. The molecule has 0 atom stereocenters. The van der Waals surface area contributed by atoms with Crippen molar-refractivity contribution in [3.05, 3.63) is 26.9 Å². The molecule has 17 heavy (non-hydrogen) atoms. The minimum Gasteiger partial charge on any atom is -0.364 e. The highest BCUT2D eigenvalue weighted by Crippen LogP contribution is 2.26. The van der Waals surface area contributed by atoms with Gasteiger partial charge in [-0.15, -0.1) is 11.3 Å². The molecule has 0 saturated heterocycles. The summed E-state index contributed by atoms with van der Waals surface area (Å²) in [7, 11) is 0. The third kappa shape index (κ3) is 2.71. The first-order valence-electron chi connectivity index (χ1n) is 4.82. The van der Waals surface area contributed by atoms with Gasteiger partial charge in [-0.05, 0) is 22.9 Å².